The molecule has 0 aromatic heterocycles. The number of amides is 2. The van der Waals surface area contributed by atoms with Gasteiger partial charge >= 0.3 is 12.0 Å². The van der Waals surface area contributed by atoms with E-state index in [4.69, 9.17) is 10.5 Å². The van der Waals surface area contributed by atoms with Crippen LogP contribution in [-0.4, -0.2) is 49.7 Å². The smallest absolute Gasteiger partial charge is 0.314 e. The van der Waals surface area contributed by atoms with Crippen LogP contribution < -0.4 is 11.1 Å². The zero-order chi connectivity index (χ0) is 14.6. The molecule has 1 aliphatic heterocycles. The molecule has 1 saturated heterocycles. The highest BCUT2D eigenvalue weighted by molar-refractivity contribution is 5.76. The van der Waals surface area contributed by atoms with Gasteiger partial charge in [-0.05, 0) is 11.8 Å². The van der Waals surface area contributed by atoms with Gasteiger partial charge in [-0.2, -0.15) is 0 Å². The Bertz CT molecular complexity index is 339. The Morgan fingerprint density at radius 1 is 1.37 bits per heavy atom. The molecule has 0 radical (unpaired) electrons. The van der Waals surface area contributed by atoms with Gasteiger partial charge < -0.3 is 20.7 Å². The summed E-state index contributed by atoms with van der Waals surface area (Å²) in [6.45, 7) is 8.10. The number of primary amides is 1. The second kappa shape index (κ2) is 6.23. The van der Waals surface area contributed by atoms with Crippen LogP contribution in [0.25, 0.3) is 0 Å². The van der Waals surface area contributed by atoms with Gasteiger partial charge in [-0.25, -0.2) is 4.79 Å². The number of nitrogens with zero attached hydrogens (tertiary/aromatic N) is 1. The minimum absolute atomic E-state index is 0.0737. The molecule has 1 rings (SSSR count). The van der Waals surface area contributed by atoms with Crippen molar-refractivity contribution in [1.82, 2.24) is 10.2 Å². The Morgan fingerprint density at radius 2 is 2.00 bits per heavy atom. The van der Waals surface area contributed by atoms with E-state index in [9.17, 15) is 9.59 Å². The molecule has 1 aliphatic rings. The Labute approximate surface area is 114 Å². The first-order valence-electron chi connectivity index (χ1n) is 6.58. The molecule has 0 aliphatic carbocycles. The third kappa shape index (κ3) is 5.06. The lowest BCUT2D eigenvalue weighted by molar-refractivity contribution is -0.147. The number of carbonyl (C=O) groups is 2. The summed E-state index contributed by atoms with van der Waals surface area (Å²) < 4.78 is 4.77. The molecule has 0 saturated carbocycles. The second-order valence-corrected chi connectivity index (χ2v) is 6.34. The number of methoxy groups -OCH3 is 1. The van der Waals surface area contributed by atoms with Crippen LogP contribution in [0.5, 0.6) is 0 Å². The van der Waals surface area contributed by atoms with Crippen molar-refractivity contribution in [3.63, 3.8) is 0 Å². The van der Waals surface area contributed by atoms with Crippen molar-refractivity contribution in [2.75, 3.05) is 26.7 Å². The van der Waals surface area contributed by atoms with Gasteiger partial charge in [-0.1, -0.05) is 20.8 Å². The highest BCUT2D eigenvalue weighted by atomic mass is 16.5. The van der Waals surface area contributed by atoms with Crippen LogP contribution in [0.3, 0.4) is 0 Å². The number of nitrogens with two attached hydrogens (primary N) is 1. The molecule has 0 aromatic rings. The molecule has 1 heterocycles. The van der Waals surface area contributed by atoms with Crippen molar-refractivity contribution in [1.29, 1.82) is 0 Å². The molecule has 6 nitrogen and oxygen atoms in total. The molecule has 2 unspecified atom stereocenters. The SMILES string of the molecule is COC(=O)C1CC(NCC(C)(C)C)CN(C(N)=O)C1. The average Bonchev–Trinajstić information content (AvgIpc) is 2.34. The summed E-state index contributed by atoms with van der Waals surface area (Å²) in [5.41, 5.74) is 5.47. The van der Waals surface area contributed by atoms with Crippen molar-refractivity contribution in [3.05, 3.63) is 0 Å². The van der Waals surface area contributed by atoms with E-state index in [1.807, 2.05) is 0 Å². The van der Waals surface area contributed by atoms with Gasteiger partial charge in [0.15, 0.2) is 0 Å². The first-order chi connectivity index (χ1) is 8.73. The van der Waals surface area contributed by atoms with Crippen LogP contribution in [0.1, 0.15) is 27.2 Å². The van der Waals surface area contributed by atoms with E-state index < -0.39 is 6.03 Å². The molecule has 1 fully saturated rings. The third-order valence-corrected chi connectivity index (χ3v) is 3.22. The number of rotatable bonds is 3. The van der Waals surface area contributed by atoms with Crippen molar-refractivity contribution >= 4 is 12.0 Å². The van der Waals surface area contributed by atoms with Gasteiger partial charge in [0.2, 0.25) is 0 Å². The topological polar surface area (TPSA) is 84.7 Å². The maximum Gasteiger partial charge on any atom is 0.314 e. The van der Waals surface area contributed by atoms with Crippen molar-refractivity contribution in [2.45, 2.75) is 33.2 Å². The van der Waals surface area contributed by atoms with Gasteiger partial charge in [-0.15, -0.1) is 0 Å². The Morgan fingerprint density at radius 3 is 2.47 bits per heavy atom. The van der Waals surface area contributed by atoms with E-state index in [0.717, 1.165) is 6.54 Å². The Hall–Kier alpha value is -1.30. The Balaban J connectivity index is 2.65. The molecule has 0 bridgehead atoms. The molecular formula is C13H25N3O3. The average molecular weight is 271 g/mol. The van der Waals surface area contributed by atoms with Gasteiger partial charge in [0.1, 0.15) is 0 Å². The molecule has 19 heavy (non-hydrogen) atoms. The lowest BCUT2D eigenvalue weighted by Gasteiger charge is -2.37. The van der Waals surface area contributed by atoms with Crippen LogP contribution in [0.15, 0.2) is 0 Å². The van der Waals surface area contributed by atoms with Crippen molar-refractivity contribution in [2.24, 2.45) is 17.1 Å². The van der Waals surface area contributed by atoms with Crippen molar-refractivity contribution < 1.29 is 14.3 Å². The molecule has 2 atom stereocenters. The summed E-state index contributed by atoms with van der Waals surface area (Å²) in [5.74, 6) is -0.586. The highest BCUT2D eigenvalue weighted by Gasteiger charge is 2.33. The van der Waals surface area contributed by atoms with Gasteiger partial charge in [-0.3, -0.25) is 4.79 Å². The number of likely N-dealkylation sites (tertiary alicyclic amines) is 1. The summed E-state index contributed by atoms with van der Waals surface area (Å²) in [4.78, 5) is 24.5. The van der Waals surface area contributed by atoms with Gasteiger partial charge in [0.25, 0.3) is 0 Å². The summed E-state index contributed by atoms with van der Waals surface area (Å²) in [5, 5.41) is 3.40. The lowest BCUT2D eigenvalue weighted by Crippen LogP contribution is -2.55. The monoisotopic (exact) mass is 271 g/mol. The molecule has 2 amide bonds. The fraction of sp³-hybridized carbons (Fsp3) is 0.846. The predicted molar refractivity (Wildman–Crippen MR) is 72.5 cm³/mol. The highest BCUT2D eigenvalue weighted by Crippen LogP contribution is 2.19. The number of carbonyl (C=O) groups excluding carboxylic acids is 2. The van der Waals surface area contributed by atoms with Crippen LogP contribution >= 0.6 is 0 Å². The van der Waals surface area contributed by atoms with E-state index >= 15 is 0 Å². The summed E-state index contributed by atoms with van der Waals surface area (Å²) in [7, 11) is 1.36. The minimum Gasteiger partial charge on any atom is -0.469 e. The Kier molecular flexibility index (Phi) is 5.17. The number of urea groups is 1. The summed E-state index contributed by atoms with van der Waals surface area (Å²) >= 11 is 0. The molecule has 0 spiro atoms. The zero-order valence-electron chi connectivity index (χ0n) is 12.2. The van der Waals surface area contributed by atoms with E-state index in [1.165, 1.54) is 12.0 Å². The van der Waals surface area contributed by atoms with E-state index in [2.05, 4.69) is 26.1 Å². The summed E-state index contributed by atoms with van der Waals surface area (Å²) in [6, 6.07) is -0.416. The first kappa shape index (κ1) is 15.8. The van der Waals surface area contributed by atoms with Crippen LogP contribution in [0, 0.1) is 11.3 Å². The van der Waals surface area contributed by atoms with E-state index in [1.54, 1.807) is 0 Å². The maximum atomic E-state index is 11.7. The summed E-state index contributed by atoms with van der Waals surface area (Å²) in [6.07, 6.45) is 0.673. The van der Waals surface area contributed by atoms with Crippen LogP contribution in [0.2, 0.25) is 0 Å². The molecule has 0 aromatic carbocycles. The largest absolute Gasteiger partial charge is 0.469 e. The zero-order valence-corrected chi connectivity index (χ0v) is 12.2. The second-order valence-electron chi connectivity index (χ2n) is 6.34. The van der Waals surface area contributed by atoms with E-state index in [-0.39, 0.29) is 23.3 Å². The normalized spacial score (nSPS) is 24.1. The molecule has 110 valence electrons. The fourth-order valence-electron chi connectivity index (χ4n) is 2.21. The number of ether oxygens (including phenoxy) is 1. The number of hydrogen-bond donors (Lipinski definition) is 2. The lowest BCUT2D eigenvalue weighted by atomic mass is 9.92. The number of esters is 1. The maximum absolute atomic E-state index is 11.7. The van der Waals surface area contributed by atoms with Crippen molar-refractivity contribution in [3.8, 4) is 0 Å². The molecule has 3 N–H and O–H groups in total. The molecular weight excluding hydrogens is 246 g/mol. The minimum atomic E-state index is -0.490. The number of hydrogen-bond acceptors (Lipinski definition) is 4. The molecule has 6 heteroatoms. The van der Waals surface area contributed by atoms with Gasteiger partial charge in [0.05, 0.1) is 13.0 Å². The fourth-order valence-corrected chi connectivity index (χ4v) is 2.21. The van der Waals surface area contributed by atoms with Gasteiger partial charge in [0, 0.05) is 25.7 Å². The number of nitrogens with one attached hydrogen (secondary N) is 1. The number of piperidine rings is 1. The quantitative estimate of drug-likeness (QED) is 0.735. The van der Waals surface area contributed by atoms with E-state index in [0.29, 0.717) is 19.5 Å². The third-order valence-electron chi connectivity index (χ3n) is 3.22. The van der Waals surface area contributed by atoms with Crippen LogP contribution in [-0.2, 0) is 9.53 Å². The first-order valence-corrected chi connectivity index (χ1v) is 6.58. The standard InChI is InChI=1S/C13H25N3O3/c1-13(2,3)8-15-10-5-9(11(17)19-4)6-16(7-10)12(14)18/h9-10,15H,5-8H2,1-4H3,(H2,14,18). The van der Waals surface area contributed by atoms with Crippen LogP contribution in [0.4, 0.5) is 4.79 Å². The predicted octanol–water partition coefficient (Wildman–Crippen LogP) is 0.564.